The van der Waals surface area contributed by atoms with Crippen LogP contribution in [0.1, 0.15) is 4.88 Å². The summed E-state index contributed by atoms with van der Waals surface area (Å²) < 4.78 is 13.7. The first-order valence-corrected chi connectivity index (χ1v) is 4.38. The lowest BCUT2D eigenvalue weighted by molar-refractivity contribution is 0.439. The molecular formula is C9H7FOS. The predicted molar refractivity (Wildman–Crippen MR) is 48.2 cm³/mol. The third kappa shape index (κ3) is 0.975. The number of aryl methyl sites for hydroxylation is 1. The van der Waals surface area contributed by atoms with E-state index < -0.39 is 5.82 Å². The van der Waals surface area contributed by atoms with Crippen molar-refractivity contribution >= 4 is 21.4 Å². The molecule has 0 saturated carbocycles. The maximum Gasteiger partial charge on any atom is 0.165 e. The molecule has 0 radical (unpaired) electrons. The Hall–Kier alpha value is -1.09. The normalized spacial score (nSPS) is 10.8. The van der Waals surface area contributed by atoms with Crippen molar-refractivity contribution in [3.8, 4) is 5.75 Å². The van der Waals surface area contributed by atoms with Crippen molar-refractivity contribution in [3.05, 3.63) is 28.9 Å². The van der Waals surface area contributed by atoms with Crippen LogP contribution in [-0.4, -0.2) is 5.11 Å². The zero-order valence-electron chi connectivity index (χ0n) is 6.47. The molecule has 0 spiro atoms. The van der Waals surface area contributed by atoms with Crippen molar-refractivity contribution in [1.82, 2.24) is 0 Å². The lowest BCUT2D eigenvalue weighted by Crippen LogP contribution is -1.73. The number of thiophene rings is 1. The lowest BCUT2D eigenvalue weighted by Gasteiger charge is -1.94. The number of halogens is 1. The Morgan fingerprint density at radius 3 is 2.92 bits per heavy atom. The Labute approximate surface area is 73.1 Å². The highest BCUT2D eigenvalue weighted by Gasteiger charge is 2.07. The Bertz CT molecular complexity index is 433. The molecule has 1 N–H and O–H groups in total. The molecule has 0 bridgehead atoms. The summed E-state index contributed by atoms with van der Waals surface area (Å²) in [6.45, 7) is 1.93. The SMILES string of the molecule is Cc1cc2c(O)c(F)ccc2s1. The average molecular weight is 182 g/mol. The third-order valence-electron chi connectivity index (χ3n) is 1.75. The number of rotatable bonds is 0. The molecule has 0 aliphatic heterocycles. The van der Waals surface area contributed by atoms with E-state index in [4.69, 9.17) is 0 Å². The highest BCUT2D eigenvalue weighted by Crippen LogP contribution is 2.33. The van der Waals surface area contributed by atoms with Crippen molar-refractivity contribution in [2.45, 2.75) is 6.92 Å². The Morgan fingerprint density at radius 1 is 1.42 bits per heavy atom. The maximum atomic E-state index is 12.8. The molecule has 0 aliphatic carbocycles. The van der Waals surface area contributed by atoms with E-state index in [0.717, 1.165) is 9.58 Å². The molecule has 1 heterocycles. The molecular weight excluding hydrogens is 175 g/mol. The third-order valence-corrected chi connectivity index (χ3v) is 2.76. The van der Waals surface area contributed by atoms with E-state index in [1.807, 2.05) is 6.92 Å². The molecule has 0 aliphatic rings. The fourth-order valence-corrected chi connectivity index (χ4v) is 2.12. The van der Waals surface area contributed by atoms with Crippen LogP contribution in [0.25, 0.3) is 10.1 Å². The van der Waals surface area contributed by atoms with E-state index in [-0.39, 0.29) is 5.75 Å². The van der Waals surface area contributed by atoms with E-state index in [9.17, 15) is 9.50 Å². The molecule has 0 atom stereocenters. The summed E-state index contributed by atoms with van der Waals surface area (Å²) in [5.41, 5.74) is 0. The van der Waals surface area contributed by atoms with Crippen molar-refractivity contribution in [2.24, 2.45) is 0 Å². The highest BCUT2D eigenvalue weighted by atomic mass is 32.1. The molecule has 2 rings (SSSR count). The molecule has 0 saturated heterocycles. The minimum atomic E-state index is -0.555. The number of phenols is 1. The molecule has 62 valence electrons. The smallest absolute Gasteiger partial charge is 0.165 e. The van der Waals surface area contributed by atoms with Gasteiger partial charge in [0.1, 0.15) is 0 Å². The topological polar surface area (TPSA) is 20.2 Å². The van der Waals surface area contributed by atoms with Gasteiger partial charge in [0.25, 0.3) is 0 Å². The number of fused-ring (bicyclic) bond motifs is 1. The van der Waals surface area contributed by atoms with Gasteiger partial charge in [-0.2, -0.15) is 0 Å². The van der Waals surface area contributed by atoms with Crippen LogP contribution in [0.2, 0.25) is 0 Å². The van der Waals surface area contributed by atoms with Crippen molar-refractivity contribution < 1.29 is 9.50 Å². The van der Waals surface area contributed by atoms with Gasteiger partial charge in [-0.15, -0.1) is 11.3 Å². The quantitative estimate of drug-likeness (QED) is 0.663. The first-order valence-electron chi connectivity index (χ1n) is 3.56. The Kier molecular flexibility index (Phi) is 1.54. The fraction of sp³-hybridized carbons (Fsp3) is 0.111. The highest BCUT2D eigenvalue weighted by molar-refractivity contribution is 7.19. The van der Waals surface area contributed by atoms with Crippen LogP contribution in [0.3, 0.4) is 0 Å². The van der Waals surface area contributed by atoms with Gasteiger partial charge in [0.2, 0.25) is 0 Å². The minimum Gasteiger partial charge on any atom is -0.504 e. The molecule has 0 unspecified atom stereocenters. The van der Waals surface area contributed by atoms with Crippen LogP contribution in [0, 0.1) is 12.7 Å². The van der Waals surface area contributed by atoms with Crippen LogP contribution in [0.5, 0.6) is 5.75 Å². The molecule has 12 heavy (non-hydrogen) atoms. The second-order valence-corrected chi connectivity index (χ2v) is 3.95. The van der Waals surface area contributed by atoms with Gasteiger partial charge in [0, 0.05) is 15.0 Å². The molecule has 0 amide bonds. The molecule has 1 aromatic carbocycles. The first-order chi connectivity index (χ1) is 5.68. The molecule has 3 heteroatoms. The summed E-state index contributed by atoms with van der Waals surface area (Å²) in [6, 6.07) is 4.76. The van der Waals surface area contributed by atoms with Gasteiger partial charge in [0.05, 0.1) is 0 Å². The maximum absolute atomic E-state index is 12.8. The summed E-state index contributed by atoms with van der Waals surface area (Å²) in [4.78, 5) is 1.07. The second kappa shape index (κ2) is 2.45. The van der Waals surface area contributed by atoms with Gasteiger partial charge in [-0.1, -0.05) is 0 Å². The number of aromatic hydroxyl groups is 1. The van der Waals surface area contributed by atoms with E-state index >= 15 is 0 Å². The molecule has 0 fully saturated rings. The van der Waals surface area contributed by atoms with Crippen LogP contribution < -0.4 is 0 Å². The Morgan fingerprint density at radius 2 is 2.17 bits per heavy atom. The van der Waals surface area contributed by atoms with Gasteiger partial charge in [-0.25, -0.2) is 4.39 Å². The van der Waals surface area contributed by atoms with Crippen LogP contribution >= 0.6 is 11.3 Å². The number of phenolic OH excluding ortho intramolecular Hbond substituents is 1. The summed E-state index contributed by atoms with van der Waals surface area (Å²) in [5.74, 6) is -0.794. The standard InChI is InChI=1S/C9H7FOS/c1-5-4-6-8(12-5)3-2-7(10)9(6)11/h2-4,11H,1H3. The monoisotopic (exact) mass is 182 g/mol. The van der Waals surface area contributed by atoms with Crippen molar-refractivity contribution in [1.29, 1.82) is 0 Å². The number of hydrogen-bond donors (Lipinski definition) is 1. The molecule has 1 nitrogen and oxygen atoms in total. The summed E-state index contributed by atoms with van der Waals surface area (Å²) >= 11 is 1.55. The van der Waals surface area contributed by atoms with Gasteiger partial charge < -0.3 is 5.11 Å². The predicted octanol–water partition coefficient (Wildman–Crippen LogP) is 3.05. The van der Waals surface area contributed by atoms with Gasteiger partial charge in [0.15, 0.2) is 11.6 Å². The second-order valence-electron chi connectivity index (χ2n) is 2.66. The average Bonchev–Trinajstić information content (AvgIpc) is 2.39. The molecule has 1 aromatic heterocycles. The molecule has 2 aromatic rings. The number of benzene rings is 1. The summed E-state index contributed by atoms with van der Waals surface area (Å²) in [6.07, 6.45) is 0. The zero-order chi connectivity index (χ0) is 8.72. The fourth-order valence-electron chi connectivity index (χ4n) is 1.20. The lowest BCUT2D eigenvalue weighted by atomic mass is 10.2. The van der Waals surface area contributed by atoms with Crippen molar-refractivity contribution in [2.75, 3.05) is 0 Å². The largest absolute Gasteiger partial charge is 0.504 e. The van der Waals surface area contributed by atoms with Gasteiger partial charge in [-0.3, -0.25) is 0 Å². The van der Waals surface area contributed by atoms with Crippen LogP contribution in [0.15, 0.2) is 18.2 Å². The summed E-state index contributed by atoms with van der Waals surface area (Å²) in [5, 5.41) is 9.91. The van der Waals surface area contributed by atoms with E-state index in [1.165, 1.54) is 6.07 Å². The van der Waals surface area contributed by atoms with E-state index in [0.29, 0.717) is 5.39 Å². The zero-order valence-corrected chi connectivity index (χ0v) is 7.28. The van der Waals surface area contributed by atoms with Gasteiger partial charge >= 0.3 is 0 Å². The number of hydrogen-bond acceptors (Lipinski definition) is 2. The minimum absolute atomic E-state index is 0.239. The van der Waals surface area contributed by atoms with E-state index in [2.05, 4.69) is 0 Å². The first kappa shape index (κ1) is 7.55. The van der Waals surface area contributed by atoms with Gasteiger partial charge in [-0.05, 0) is 25.1 Å². The van der Waals surface area contributed by atoms with Crippen LogP contribution in [0.4, 0.5) is 4.39 Å². The van der Waals surface area contributed by atoms with E-state index in [1.54, 1.807) is 23.5 Å². The Balaban J connectivity index is 2.89. The summed E-state index contributed by atoms with van der Waals surface area (Å²) in [7, 11) is 0. The van der Waals surface area contributed by atoms with Crippen LogP contribution in [-0.2, 0) is 0 Å². The van der Waals surface area contributed by atoms with Crippen molar-refractivity contribution in [3.63, 3.8) is 0 Å².